The van der Waals surface area contributed by atoms with Crippen molar-refractivity contribution in [3.8, 4) is 0 Å². The highest BCUT2D eigenvalue weighted by Crippen LogP contribution is 2.12. The summed E-state index contributed by atoms with van der Waals surface area (Å²) in [4.78, 5) is 11.8. The molecule has 0 saturated carbocycles. The first kappa shape index (κ1) is 11.3. The van der Waals surface area contributed by atoms with Gasteiger partial charge in [-0.25, -0.2) is 0 Å². The van der Waals surface area contributed by atoms with Crippen molar-refractivity contribution in [3.05, 3.63) is 17.5 Å². The van der Waals surface area contributed by atoms with Crippen LogP contribution in [0.15, 0.2) is 6.07 Å². The van der Waals surface area contributed by atoms with Crippen LogP contribution in [0, 0.1) is 5.92 Å². The third-order valence-corrected chi connectivity index (χ3v) is 3.15. The van der Waals surface area contributed by atoms with Gasteiger partial charge in [-0.05, 0) is 31.5 Å². The molecule has 0 spiro atoms. The summed E-state index contributed by atoms with van der Waals surface area (Å²) in [6, 6.07) is 2.04. The van der Waals surface area contributed by atoms with Crippen LogP contribution in [0.1, 0.15) is 24.7 Å². The zero-order chi connectivity index (χ0) is 11.5. The van der Waals surface area contributed by atoms with E-state index >= 15 is 0 Å². The zero-order valence-corrected chi connectivity index (χ0v) is 9.99. The number of ketones is 1. The fraction of sp³-hybridized carbons (Fsp3) is 0.667. The molecule has 1 saturated heterocycles. The summed E-state index contributed by atoms with van der Waals surface area (Å²) in [5.41, 5.74) is 2.10. The largest absolute Gasteiger partial charge is 0.316 e. The van der Waals surface area contributed by atoms with Crippen molar-refractivity contribution in [1.29, 1.82) is 0 Å². The predicted molar refractivity (Wildman–Crippen MR) is 62.3 cm³/mol. The van der Waals surface area contributed by atoms with Gasteiger partial charge in [0, 0.05) is 25.6 Å². The van der Waals surface area contributed by atoms with E-state index in [0.29, 0.717) is 24.5 Å². The predicted octanol–water partition coefficient (Wildman–Crippen LogP) is 0.704. The molecule has 1 N–H and O–H groups in total. The van der Waals surface area contributed by atoms with Crippen molar-refractivity contribution in [2.75, 3.05) is 13.1 Å². The number of hydrogen-bond donors (Lipinski definition) is 1. The Morgan fingerprint density at radius 1 is 1.62 bits per heavy atom. The molecule has 16 heavy (non-hydrogen) atoms. The standard InChI is InChI=1S/C12H19N3O/c1-3-10-5-11(15(2)14-10)6-12(16)4-9-7-13-8-9/h5,9,13H,3-4,6-8H2,1-2H3. The van der Waals surface area contributed by atoms with Crippen LogP contribution in [-0.2, 0) is 24.7 Å². The van der Waals surface area contributed by atoms with Crippen molar-refractivity contribution < 1.29 is 4.79 Å². The highest BCUT2D eigenvalue weighted by molar-refractivity contribution is 5.80. The van der Waals surface area contributed by atoms with Crippen molar-refractivity contribution in [3.63, 3.8) is 0 Å². The van der Waals surface area contributed by atoms with E-state index in [-0.39, 0.29) is 0 Å². The fourth-order valence-electron chi connectivity index (χ4n) is 2.00. The van der Waals surface area contributed by atoms with Crippen LogP contribution in [-0.4, -0.2) is 28.7 Å². The maximum absolute atomic E-state index is 11.8. The van der Waals surface area contributed by atoms with E-state index in [1.807, 2.05) is 17.8 Å². The Bertz CT molecular complexity index is 380. The fourth-order valence-corrected chi connectivity index (χ4v) is 2.00. The Balaban J connectivity index is 1.91. The van der Waals surface area contributed by atoms with Gasteiger partial charge in [-0.3, -0.25) is 9.48 Å². The van der Waals surface area contributed by atoms with E-state index in [0.717, 1.165) is 30.9 Å². The molecular formula is C12H19N3O. The lowest BCUT2D eigenvalue weighted by Gasteiger charge is -2.26. The highest BCUT2D eigenvalue weighted by atomic mass is 16.1. The summed E-state index contributed by atoms with van der Waals surface area (Å²) >= 11 is 0. The number of nitrogens with one attached hydrogen (secondary N) is 1. The molecule has 0 amide bonds. The topological polar surface area (TPSA) is 46.9 Å². The minimum Gasteiger partial charge on any atom is -0.316 e. The first-order valence-electron chi connectivity index (χ1n) is 5.93. The molecule has 1 fully saturated rings. The Kier molecular flexibility index (Phi) is 3.39. The monoisotopic (exact) mass is 221 g/mol. The average Bonchev–Trinajstić information content (AvgIpc) is 2.54. The Morgan fingerprint density at radius 3 is 2.88 bits per heavy atom. The van der Waals surface area contributed by atoms with Crippen molar-refractivity contribution >= 4 is 5.78 Å². The third-order valence-electron chi connectivity index (χ3n) is 3.15. The summed E-state index contributed by atoms with van der Waals surface area (Å²) in [6.07, 6.45) is 2.16. The second-order valence-corrected chi connectivity index (χ2v) is 4.55. The quantitative estimate of drug-likeness (QED) is 0.796. The van der Waals surface area contributed by atoms with Gasteiger partial charge in [0.15, 0.2) is 0 Å². The van der Waals surface area contributed by atoms with Crippen molar-refractivity contribution in [2.24, 2.45) is 13.0 Å². The van der Waals surface area contributed by atoms with Crippen molar-refractivity contribution in [1.82, 2.24) is 15.1 Å². The molecule has 0 radical (unpaired) electrons. The molecule has 1 aromatic rings. The van der Waals surface area contributed by atoms with E-state index in [9.17, 15) is 4.79 Å². The lowest BCUT2D eigenvalue weighted by molar-refractivity contribution is -0.119. The molecule has 1 aliphatic rings. The van der Waals surface area contributed by atoms with Gasteiger partial charge in [-0.1, -0.05) is 6.92 Å². The average molecular weight is 221 g/mol. The number of carbonyl (C=O) groups is 1. The first-order valence-corrected chi connectivity index (χ1v) is 5.93. The van der Waals surface area contributed by atoms with Crippen LogP contribution in [0.3, 0.4) is 0 Å². The number of hydrogen-bond acceptors (Lipinski definition) is 3. The van der Waals surface area contributed by atoms with Gasteiger partial charge in [0.2, 0.25) is 0 Å². The molecule has 4 nitrogen and oxygen atoms in total. The lowest BCUT2D eigenvalue weighted by Crippen LogP contribution is -2.43. The molecule has 0 unspecified atom stereocenters. The van der Waals surface area contributed by atoms with E-state index in [4.69, 9.17) is 0 Å². The number of nitrogens with zero attached hydrogens (tertiary/aromatic N) is 2. The van der Waals surface area contributed by atoms with Crippen LogP contribution in [0.25, 0.3) is 0 Å². The SMILES string of the molecule is CCc1cc(CC(=O)CC2CNC2)n(C)n1. The number of aromatic nitrogens is 2. The molecule has 4 heteroatoms. The van der Waals surface area contributed by atoms with Crippen LogP contribution in [0.4, 0.5) is 0 Å². The third kappa shape index (κ3) is 2.50. The van der Waals surface area contributed by atoms with Crippen LogP contribution < -0.4 is 5.32 Å². The maximum atomic E-state index is 11.8. The molecule has 88 valence electrons. The summed E-state index contributed by atoms with van der Waals surface area (Å²) in [6.45, 7) is 4.07. The highest BCUT2D eigenvalue weighted by Gasteiger charge is 2.20. The van der Waals surface area contributed by atoms with E-state index < -0.39 is 0 Å². The van der Waals surface area contributed by atoms with Gasteiger partial charge in [-0.2, -0.15) is 5.10 Å². The molecule has 0 atom stereocenters. The minimum atomic E-state index is 0.331. The van der Waals surface area contributed by atoms with Gasteiger partial charge in [0.05, 0.1) is 5.69 Å². The minimum absolute atomic E-state index is 0.331. The molecule has 2 heterocycles. The van der Waals surface area contributed by atoms with Crippen LogP contribution in [0.2, 0.25) is 0 Å². The first-order chi connectivity index (χ1) is 7.69. The molecule has 1 aliphatic heterocycles. The van der Waals surface area contributed by atoms with Gasteiger partial charge in [-0.15, -0.1) is 0 Å². The van der Waals surface area contributed by atoms with Gasteiger partial charge < -0.3 is 5.32 Å². The van der Waals surface area contributed by atoms with E-state index in [2.05, 4.69) is 17.3 Å². The Morgan fingerprint density at radius 2 is 2.38 bits per heavy atom. The van der Waals surface area contributed by atoms with Gasteiger partial charge in [0.1, 0.15) is 5.78 Å². The van der Waals surface area contributed by atoms with Gasteiger partial charge >= 0.3 is 0 Å². The second kappa shape index (κ2) is 4.78. The number of rotatable bonds is 5. The lowest BCUT2D eigenvalue weighted by atomic mass is 9.95. The van der Waals surface area contributed by atoms with Gasteiger partial charge in [0.25, 0.3) is 0 Å². The Hall–Kier alpha value is -1.16. The summed E-state index contributed by atoms with van der Waals surface area (Å²) in [5.74, 6) is 0.892. The summed E-state index contributed by atoms with van der Waals surface area (Å²) in [7, 11) is 1.91. The number of Topliss-reactive ketones (excluding diaryl/α,β-unsaturated/α-hetero) is 1. The molecule has 0 aliphatic carbocycles. The molecule has 2 rings (SSSR count). The van der Waals surface area contributed by atoms with E-state index in [1.165, 1.54) is 0 Å². The normalized spacial score (nSPS) is 16.1. The van der Waals surface area contributed by atoms with Crippen LogP contribution >= 0.6 is 0 Å². The zero-order valence-electron chi connectivity index (χ0n) is 9.99. The number of aryl methyl sites for hydroxylation is 2. The molecule has 0 bridgehead atoms. The molecule has 1 aromatic heterocycles. The molecule has 0 aromatic carbocycles. The smallest absolute Gasteiger partial charge is 0.139 e. The molecular weight excluding hydrogens is 202 g/mol. The van der Waals surface area contributed by atoms with Crippen LogP contribution in [0.5, 0.6) is 0 Å². The van der Waals surface area contributed by atoms with Crippen molar-refractivity contribution in [2.45, 2.75) is 26.2 Å². The number of carbonyl (C=O) groups excluding carboxylic acids is 1. The second-order valence-electron chi connectivity index (χ2n) is 4.55. The summed E-state index contributed by atoms with van der Waals surface area (Å²) < 4.78 is 1.83. The Labute approximate surface area is 96.0 Å². The summed E-state index contributed by atoms with van der Waals surface area (Å²) in [5, 5.41) is 7.53. The maximum Gasteiger partial charge on any atom is 0.139 e. The van der Waals surface area contributed by atoms with E-state index in [1.54, 1.807) is 0 Å².